The van der Waals surface area contributed by atoms with Gasteiger partial charge in [0.15, 0.2) is 10.8 Å². The summed E-state index contributed by atoms with van der Waals surface area (Å²) in [6.45, 7) is 0.0935. The summed E-state index contributed by atoms with van der Waals surface area (Å²) in [4.78, 5) is 53.6. The minimum atomic E-state index is -1.28. The van der Waals surface area contributed by atoms with Gasteiger partial charge in [0.1, 0.15) is 22.8 Å². The molecular formula is C17H19N7O6S3. The van der Waals surface area contributed by atoms with E-state index in [2.05, 4.69) is 20.8 Å². The van der Waals surface area contributed by atoms with Crippen molar-refractivity contribution in [2.45, 2.75) is 11.4 Å². The third-order valence-corrected chi connectivity index (χ3v) is 7.50. The van der Waals surface area contributed by atoms with Crippen molar-refractivity contribution in [2.24, 2.45) is 10.9 Å². The molecule has 3 amide bonds. The van der Waals surface area contributed by atoms with Gasteiger partial charge in [-0.25, -0.2) is 9.78 Å². The number of amides is 3. The van der Waals surface area contributed by atoms with Crippen LogP contribution in [0.1, 0.15) is 5.69 Å². The van der Waals surface area contributed by atoms with Crippen molar-refractivity contribution in [1.29, 1.82) is 0 Å². The Balaban J connectivity index is 1.67. The number of carbonyl (C=O) groups is 4. The van der Waals surface area contributed by atoms with Crippen molar-refractivity contribution in [1.82, 2.24) is 20.5 Å². The minimum Gasteiger partial charge on any atom is -0.477 e. The largest absolute Gasteiger partial charge is 0.477 e. The quantitative estimate of drug-likeness (QED) is 0.101. The zero-order chi connectivity index (χ0) is 24.1. The first-order valence-corrected chi connectivity index (χ1v) is 12.0. The molecule has 0 radical (unpaired) electrons. The highest BCUT2D eigenvalue weighted by Crippen LogP contribution is 2.43. The monoisotopic (exact) mass is 513 g/mol. The summed E-state index contributed by atoms with van der Waals surface area (Å²) in [6.07, 6.45) is 1.63. The van der Waals surface area contributed by atoms with Gasteiger partial charge in [-0.2, -0.15) is 0 Å². The number of oxime groups is 1. The van der Waals surface area contributed by atoms with Crippen molar-refractivity contribution in [3.8, 4) is 0 Å². The Bertz CT molecular complexity index is 1070. The minimum absolute atomic E-state index is 0.0525. The number of nitrogens with zero attached hydrogens (tertiary/aromatic N) is 3. The molecule has 13 nitrogen and oxygen atoms in total. The second-order valence-corrected chi connectivity index (χ2v) is 9.45. The SMILES string of the molecule is NCC(=O)NC/C=C\SC1=C(C(=O)O)N2C(=O)C(NC(=O)/C(=N\O)c3csc(N)n3)[C@H]2SC1. The maximum Gasteiger partial charge on any atom is 0.353 e. The first kappa shape index (κ1) is 24.6. The molecule has 0 aromatic carbocycles. The van der Waals surface area contributed by atoms with Crippen molar-refractivity contribution in [3.63, 3.8) is 0 Å². The van der Waals surface area contributed by atoms with Gasteiger partial charge in [0.2, 0.25) is 5.91 Å². The Morgan fingerprint density at radius 2 is 2.18 bits per heavy atom. The van der Waals surface area contributed by atoms with Crippen LogP contribution in [0.4, 0.5) is 5.13 Å². The van der Waals surface area contributed by atoms with Gasteiger partial charge < -0.3 is 32.4 Å². The van der Waals surface area contributed by atoms with Gasteiger partial charge in [-0.3, -0.25) is 19.3 Å². The fraction of sp³-hybridized carbons (Fsp3) is 0.294. The molecule has 1 fully saturated rings. The number of hydrogen-bond acceptors (Lipinski definition) is 12. The summed E-state index contributed by atoms with van der Waals surface area (Å²) in [5.74, 6) is -2.76. The first-order chi connectivity index (χ1) is 15.8. The van der Waals surface area contributed by atoms with E-state index in [1.807, 2.05) is 0 Å². The third kappa shape index (κ3) is 5.29. The Hall–Kier alpha value is -3.08. The van der Waals surface area contributed by atoms with E-state index < -0.39 is 34.9 Å². The van der Waals surface area contributed by atoms with Crippen LogP contribution in [0.15, 0.2) is 32.6 Å². The molecule has 2 aliphatic rings. The standard InChI is InChI=1S/C17H19N7O6S3/c18-4-9(25)20-2-1-3-31-8-6-32-15-11(14(27)24(15)12(8)16(28)29)22-13(26)10(23-30)7-5-33-17(19)21-7/h1,3,5,11,15,30H,2,4,6,18H2,(H2,19,21)(H,20,25)(H,22,26)(H,28,29)/b3-1-,23-10-/t11?,15-/m1/s1. The first-order valence-electron chi connectivity index (χ1n) is 9.22. The molecule has 1 aromatic rings. The molecule has 0 bridgehead atoms. The number of thioether (sulfide) groups is 2. The molecule has 2 atom stereocenters. The molecule has 0 aliphatic carbocycles. The maximum atomic E-state index is 12.7. The molecule has 1 saturated heterocycles. The Kier molecular flexibility index (Phi) is 7.96. The predicted octanol–water partition coefficient (Wildman–Crippen LogP) is -1.08. The van der Waals surface area contributed by atoms with Crippen LogP contribution in [-0.2, 0) is 19.2 Å². The summed E-state index contributed by atoms with van der Waals surface area (Å²) >= 11 is 3.45. The van der Waals surface area contributed by atoms with E-state index in [0.717, 1.165) is 28.0 Å². The Morgan fingerprint density at radius 3 is 2.79 bits per heavy atom. The fourth-order valence-electron chi connectivity index (χ4n) is 2.92. The van der Waals surface area contributed by atoms with Crippen LogP contribution in [0, 0.1) is 0 Å². The van der Waals surface area contributed by atoms with E-state index in [-0.39, 0.29) is 41.3 Å². The van der Waals surface area contributed by atoms with Crippen LogP contribution in [0.3, 0.4) is 0 Å². The molecule has 3 rings (SSSR count). The molecule has 8 N–H and O–H groups in total. The number of thiazole rings is 1. The second kappa shape index (κ2) is 10.7. The molecule has 2 aliphatic heterocycles. The number of anilines is 1. The summed E-state index contributed by atoms with van der Waals surface area (Å²) in [5, 5.41) is 29.4. The lowest BCUT2D eigenvalue weighted by Gasteiger charge is -2.49. The number of hydrogen-bond donors (Lipinski definition) is 6. The second-order valence-electron chi connectivity index (χ2n) is 6.46. The van der Waals surface area contributed by atoms with Crippen LogP contribution in [0.25, 0.3) is 0 Å². The lowest BCUT2D eigenvalue weighted by atomic mass is 10.0. The Morgan fingerprint density at radius 1 is 1.42 bits per heavy atom. The van der Waals surface area contributed by atoms with Crippen LogP contribution < -0.4 is 22.1 Å². The van der Waals surface area contributed by atoms with Crippen LogP contribution in [0.5, 0.6) is 0 Å². The topological polar surface area (TPSA) is 213 Å². The number of carbonyl (C=O) groups excluding carboxylic acids is 3. The predicted molar refractivity (Wildman–Crippen MR) is 123 cm³/mol. The van der Waals surface area contributed by atoms with Crippen molar-refractivity contribution in [2.75, 3.05) is 24.6 Å². The van der Waals surface area contributed by atoms with Gasteiger partial charge in [-0.05, 0) is 5.41 Å². The Labute approximate surface area is 199 Å². The number of aromatic nitrogens is 1. The van der Waals surface area contributed by atoms with Crippen molar-refractivity contribution in [3.05, 3.63) is 33.2 Å². The van der Waals surface area contributed by atoms with Crippen molar-refractivity contribution < 1.29 is 29.5 Å². The molecule has 1 aromatic heterocycles. The summed E-state index contributed by atoms with van der Waals surface area (Å²) in [7, 11) is 0. The molecule has 16 heteroatoms. The average Bonchev–Trinajstić information content (AvgIpc) is 3.22. The molecular weight excluding hydrogens is 494 g/mol. The lowest BCUT2D eigenvalue weighted by Crippen LogP contribution is -2.71. The van der Waals surface area contributed by atoms with E-state index >= 15 is 0 Å². The molecule has 0 spiro atoms. The van der Waals surface area contributed by atoms with Gasteiger partial charge >= 0.3 is 5.97 Å². The fourth-order valence-corrected chi connectivity index (χ4v) is 5.80. The number of nitrogen functional groups attached to an aromatic ring is 1. The zero-order valence-electron chi connectivity index (χ0n) is 16.8. The number of nitrogens with one attached hydrogen (secondary N) is 2. The summed E-state index contributed by atoms with van der Waals surface area (Å²) in [5.41, 5.74) is 10.2. The lowest BCUT2D eigenvalue weighted by molar-refractivity contribution is -0.150. The highest BCUT2D eigenvalue weighted by atomic mass is 32.2. The van der Waals surface area contributed by atoms with E-state index in [1.165, 1.54) is 17.1 Å². The van der Waals surface area contributed by atoms with Gasteiger partial charge in [-0.1, -0.05) is 23.0 Å². The van der Waals surface area contributed by atoms with Gasteiger partial charge in [0.05, 0.1) is 6.54 Å². The van der Waals surface area contributed by atoms with Crippen LogP contribution >= 0.6 is 34.9 Å². The van der Waals surface area contributed by atoms with E-state index in [4.69, 9.17) is 11.5 Å². The molecule has 0 saturated carbocycles. The zero-order valence-corrected chi connectivity index (χ0v) is 19.2. The smallest absolute Gasteiger partial charge is 0.353 e. The summed E-state index contributed by atoms with van der Waals surface area (Å²) in [6, 6.07) is -1.00. The molecule has 1 unspecified atom stereocenters. The molecule has 3 heterocycles. The number of carboxylic acids is 1. The highest BCUT2D eigenvalue weighted by Gasteiger charge is 2.54. The molecule has 176 valence electrons. The van der Waals surface area contributed by atoms with E-state index in [1.54, 1.807) is 11.5 Å². The number of carboxylic acid groups (broad SMARTS) is 1. The molecule has 33 heavy (non-hydrogen) atoms. The highest BCUT2D eigenvalue weighted by molar-refractivity contribution is 8.08. The van der Waals surface area contributed by atoms with Crippen LogP contribution in [0.2, 0.25) is 0 Å². The number of fused-ring (bicyclic) bond motifs is 1. The third-order valence-electron chi connectivity index (χ3n) is 4.41. The van der Waals surface area contributed by atoms with E-state index in [9.17, 15) is 29.5 Å². The van der Waals surface area contributed by atoms with E-state index in [0.29, 0.717) is 4.91 Å². The van der Waals surface area contributed by atoms with Gasteiger partial charge in [0, 0.05) is 22.6 Å². The van der Waals surface area contributed by atoms with Gasteiger partial charge in [0.25, 0.3) is 11.8 Å². The normalized spacial score (nSPS) is 20.5. The van der Waals surface area contributed by atoms with Crippen LogP contribution in [-0.4, -0.2) is 79.9 Å². The average molecular weight is 514 g/mol. The van der Waals surface area contributed by atoms with Crippen molar-refractivity contribution >= 4 is 69.4 Å². The summed E-state index contributed by atoms with van der Waals surface area (Å²) < 4.78 is 0. The number of nitrogens with two attached hydrogens (primary N) is 2. The number of aliphatic carboxylic acids is 1. The number of β-lactam (4-membered cyclic amide) rings is 1. The van der Waals surface area contributed by atoms with Gasteiger partial charge in [-0.15, -0.1) is 23.1 Å². The number of rotatable bonds is 9. The maximum absolute atomic E-state index is 12.7.